The first kappa shape index (κ1) is 13.1. The molecule has 0 aliphatic heterocycles. The van der Waals surface area contributed by atoms with Crippen molar-refractivity contribution in [3.05, 3.63) is 35.5 Å². The van der Waals surface area contributed by atoms with Gasteiger partial charge in [0.1, 0.15) is 0 Å². The van der Waals surface area contributed by atoms with Crippen molar-refractivity contribution < 1.29 is 8.42 Å². The molecular weight excluding hydrogens is 248 g/mol. The lowest BCUT2D eigenvalue weighted by molar-refractivity contribution is 0.588. The van der Waals surface area contributed by atoms with E-state index in [1.54, 1.807) is 0 Å². The molecule has 4 nitrogen and oxygen atoms in total. The van der Waals surface area contributed by atoms with Crippen LogP contribution >= 0.6 is 0 Å². The second kappa shape index (κ2) is 4.74. The van der Waals surface area contributed by atoms with Crippen LogP contribution in [-0.2, 0) is 23.5 Å². The van der Waals surface area contributed by atoms with Crippen molar-refractivity contribution >= 4 is 20.9 Å². The van der Waals surface area contributed by atoms with Crippen LogP contribution in [0.3, 0.4) is 0 Å². The molecule has 1 aromatic heterocycles. The van der Waals surface area contributed by atoms with Gasteiger partial charge >= 0.3 is 0 Å². The molecule has 0 atom stereocenters. The maximum absolute atomic E-state index is 11.1. The van der Waals surface area contributed by atoms with Crippen molar-refractivity contribution in [1.82, 2.24) is 9.29 Å². The average Bonchev–Trinajstić information content (AvgIpc) is 2.53. The molecule has 5 heteroatoms. The van der Waals surface area contributed by atoms with Gasteiger partial charge in [-0.3, -0.25) is 0 Å². The van der Waals surface area contributed by atoms with Gasteiger partial charge in [0.2, 0.25) is 10.0 Å². The van der Waals surface area contributed by atoms with E-state index in [-0.39, 0.29) is 0 Å². The zero-order valence-corrected chi connectivity index (χ0v) is 11.7. The molecule has 1 heterocycles. The van der Waals surface area contributed by atoms with E-state index in [1.807, 2.05) is 19.2 Å². The number of para-hydroxylation sites is 1. The van der Waals surface area contributed by atoms with Gasteiger partial charge in [0.25, 0.3) is 0 Å². The van der Waals surface area contributed by atoms with Crippen molar-refractivity contribution in [3.8, 4) is 0 Å². The molecule has 0 fully saturated rings. The topological polar surface area (TPSA) is 51.1 Å². The highest BCUT2D eigenvalue weighted by Crippen LogP contribution is 2.24. The standard InChI is InChI=1S/C13H18N2O2S/c1-10-11(8-9-14-18(3,16)17)12-6-4-5-7-13(12)15(10)2/h4-7,14H,8-9H2,1-3H3. The number of benzene rings is 1. The van der Waals surface area contributed by atoms with E-state index >= 15 is 0 Å². The molecule has 0 aliphatic carbocycles. The zero-order chi connectivity index (χ0) is 13.3. The number of aryl methyl sites for hydroxylation is 1. The van der Waals surface area contributed by atoms with Crippen LogP contribution in [0.1, 0.15) is 11.3 Å². The number of nitrogens with zero attached hydrogens (tertiary/aromatic N) is 1. The summed E-state index contributed by atoms with van der Waals surface area (Å²) in [6.45, 7) is 2.50. The van der Waals surface area contributed by atoms with Gasteiger partial charge < -0.3 is 4.57 Å². The SMILES string of the molecule is Cc1c(CCNS(C)(=O)=O)c2ccccc2n1C. The lowest BCUT2D eigenvalue weighted by atomic mass is 10.1. The number of hydrogen-bond acceptors (Lipinski definition) is 2. The first-order valence-corrected chi connectivity index (χ1v) is 7.77. The molecular formula is C13H18N2O2S. The molecule has 0 unspecified atom stereocenters. The summed E-state index contributed by atoms with van der Waals surface area (Å²) in [5, 5.41) is 1.20. The smallest absolute Gasteiger partial charge is 0.208 e. The van der Waals surface area contributed by atoms with Crippen LogP contribution in [-0.4, -0.2) is 25.8 Å². The Morgan fingerprint density at radius 2 is 1.94 bits per heavy atom. The molecule has 2 rings (SSSR count). The van der Waals surface area contributed by atoms with E-state index in [4.69, 9.17) is 0 Å². The number of aromatic nitrogens is 1. The zero-order valence-electron chi connectivity index (χ0n) is 10.9. The summed E-state index contributed by atoms with van der Waals surface area (Å²) in [5.41, 5.74) is 3.58. The number of hydrogen-bond donors (Lipinski definition) is 1. The fraction of sp³-hybridized carbons (Fsp3) is 0.385. The van der Waals surface area contributed by atoms with Crippen molar-refractivity contribution in [2.45, 2.75) is 13.3 Å². The third kappa shape index (κ3) is 2.57. The van der Waals surface area contributed by atoms with E-state index in [1.165, 1.54) is 28.4 Å². The van der Waals surface area contributed by atoms with Gasteiger partial charge in [-0.2, -0.15) is 0 Å². The van der Waals surface area contributed by atoms with Crippen LogP contribution in [0, 0.1) is 6.92 Å². The summed E-state index contributed by atoms with van der Waals surface area (Å²) in [5.74, 6) is 0. The second-order valence-electron chi connectivity index (χ2n) is 4.56. The molecule has 0 amide bonds. The number of rotatable bonds is 4. The molecule has 18 heavy (non-hydrogen) atoms. The summed E-state index contributed by atoms with van der Waals surface area (Å²) in [7, 11) is -1.08. The average molecular weight is 266 g/mol. The van der Waals surface area contributed by atoms with Gasteiger partial charge in [0, 0.05) is 30.2 Å². The van der Waals surface area contributed by atoms with Gasteiger partial charge in [-0.15, -0.1) is 0 Å². The van der Waals surface area contributed by atoms with Crippen LogP contribution in [0.15, 0.2) is 24.3 Å². The van der Waals surface area contributed by atoms with Crippen molar-refractivity contribution in [2.24, 2.45) is 7.05 Å². The lowest BCUT2D eigenvalue weighted by Crippen LogP contribution is -2.24. The monoisotopic (exact) mass is 266 g/mol. The molecule has 0 saturated heterocycles. The summed E-state index contributed by atoms with van der Waals surface area (Å²) in [4.78, 5) is 0. The van der Waals surface area contributed by atoms with E-state index in [9.17, 15) is 8.42 Å². The normalized spacial score (nSPS) is 12.2. The Balaban J connectivity index is 2.31. The van der Waals surface area contributed by atoms with Gasteiger partial charge in [0.15, 0.2) is 0 Å². The minimum atomic E-state index is -3.11. The fourth-order valence-electron chi connectivity index (χ4n) is 2.28. The van der Waals surface area contributed by atoms with E-state index in [0.717, 1.165) is 0 Å². The highest BCUT2D eigenvalue weighted by atomic mass is 32.2. The number of nitrogens with one attached hydrogen (secondary N) is 1. The minimum Gasteiger partial charge on any atom is -0.348 e. The maximum atomic E-state index is 11.1. The third-order valence-corrected chi connectivity index (χ3v) is 4.00. The van der Waals surface area contributed by atoms with Crippen LogP contribution in [0.2, 0.25) is 0 Å². The Kier molecular flexibility index (Phi) is 3.45. The Hall–Kier alpha value is -1.33. The molecule has 0 saturated carbocycles. The molecule has 98 valence electrons. The Labute approximate surface area is 108 Å². The lowest BCUT2D eigenvalue weighted by Gasteiger charge is -2.03. The molecule has 0 bridgehead atoms. The van der Waals surface area contributed by atoms with Gasteiger partial charge in [-0.05, 0) is 25.0 Å². The number of sulfonamides is 1. The summed E-state index contributed by atoms with van der Waals surface area (Å²) in [6.07, 6.45) is 1.89. The van der Waals surface area contributed by atoms with Crippen LogP contribution in [0.4, 0.5) is 0 Å². The van der Waals surface area contributed by atoms with E-state index in [0.29, 0.717) is 13.0 Å². The molecule has 0 aliphatic rings. The predicted octanol–water partition coefficient (Wildman–Crippen LogP) is 1.58. The Bertz CT molecular complexity index is 672. The van der Waals surface area contributed by atoms with Crippen molar-refractivity contribution in [1.29, 1.82) is 0 Å². The summed E-state index contributed by atoms with van der Waals surface area (Å²) in [6, 6.07) is 8.18. The Morgan fingerprint density at radius 3 is 2.61 bits per heavy atom. The largest absolute Gasteiger partial charge is 0.348 e. The number of fused-ring (bicyclic) bond motifs is 1. The summed E-state index contributed by atoms with van der Waals surface area (Å²) >= 11 is 0. The first-order chi connectivity index (χ1) is 8.40. The summed E-state index contributed by atoms with van der Waals surface area (Å²) < 4.78 is 26.8. The van der Waals surface area contributed by atoms with Crippen molar-refractivity contribution in [2.75, 3.05) is 12.8 Å². The van der Waals surface area contributed by atoms with Crippen LogP contribution < -0.4 is 4.72 Å². The van der Waals surface area contributed by atoms with Crippen LogP contribution in [0.5, 0.6) is 0 Å². The molecule has 0 radical (unpaired) electrons. The third-order valence-electron chi connectivity index (χ3n) is 3.27. The molecule has 0 spiro atoms. The molecule has 1 N–H and O–H groups in total. The predicted molar refractivity (Wildman–Crippen MR) is 74.2 cm³/mol. The molecule has 1 aromatic carbocycles. The quantitative estimate of drug-likeness (QED) is 0.913. The fourth-order valence-corrected chi connectivity index (χ4v) is 2.75. The van der Waals surface area contributed by atoms with E-state index < -0.39 is 10.0 Å². The second-order valence-corrected chi connectivity index (χ2v) is 6.39. The minimum absolute atomic E-state index is 0.438. The molecule has 2 aromatic rings. The Morgan fingerprint density at radius 1 is 1.28 bits per heavy atom. The van der Waals surface area contributed by atoms with Gasteiger partial charge in [0.05, 0.1) is 6.26 Å². The van der Waals surface area contributed by atoms with E-state index in [2.05, 4.69) is 28.3 Å². The maximum Gasteiger partial charge on any atom is 0.208 e. The van der Waals surface area contributed by atoms with Crippen LogP contribution in [0.25, 0.3) is 10.9 Å². The highest BCUT2D eigenvalue weighted by Gasteiger charge is 2.11. The van der Waals surface area contributed by atoms with Gasteiger partial charge in [-0.1, -0.05) is 18.2 Å². The highest BCUT2D eigenvalue weighted by molar-refractivity contribution is 7.88. The first-order valence-electron chi connectivity index (χ1n) is 5.87. The van der Waals surface area contributed by atoms with Crippen molar-refractivity contribution in [3.63, 3.8) is 0 Å². The van der Waals surface area contributed by atoms with Gasteiger partial charge in [-0.25, -0.2) is 13.1 Å².